The van der Waals surface area contributed by atoms with E-state index in [0.717, 1.165) is 5.56 Å². The van der Waals surface area contributed by atoms with E-state index in [0.29, 0.717) is 50.0 Å². The van der Waals surface area contributed by atoms with Crippen LogP contribution in [0.1, 0.15) is 48.4 Å². The Bertz CT molecular complexity index is 1210. The lowest BCUT2D eigenvalue weighted by atomic mass is 10.0. The first-order valence-corrected chi connectivity index (χ1v) is 11.1. The Kier molecular flexibility index (Phi) is 6.68. The molecule has 1 atom stereocenters. The van der Waals surface area contributed by atoms with Gasteiger partial charge < -0.3 is 9.32 Å². The van der Waals surface area contributed by atoms with Gasteiger partial charge in [-0.2, -0.15) is 18.4 Å². The largest absolute Gasteiger partial charge is 0.460 e. The lowest BCUT2D eigenvalue weighted by Crippen LogP contribution is -2.37. The van der Waals surface area contributed by atoms with E-state index in [9.17, 15) is 18.0 Å². The number of aromatic nitrogens is 2. The molecule has 4 rings (SSSR count). The third kappa shape index (κ3) is 5.28. The van der Waals surface area contributed by atoms with Crippen molar-refractivity contribution in [2.45, 2.75) is 51.2 Å². The van der Waals surface area contributed by atoms with E-state index in [1.165, 1.54) is 6.07 Å². The highest BCUT2D eigenvalue weighted by molar-refractivity contribution is 5.87. The van der Waals surface area contributed by atoms with Crippen molar-refractivity contribution in [3.05, 3.63) is 65.2 Å². The van der Waals surface area contributed by atoms with Crippen molar-refractivity contribution in [2.24, 2.45) is 0 Å². The average Bonchev–Trinajstić information content (AvgIpc) is 3.48. The molecule has 1 saturated heterocycles. The Morgan fingerprint density at radius 1 is 1.21 bits per heavy atom. The zero-order valence-corrected chi connectivity index (χ0v) is 18.6. The highest BCUT2D eigenvalue weighted by Crippen LogP contribution is 2.34. The molecule has 0 aliphatic carbocycles. The van der Waals surface area contributed by atoms with Crippen LogP contribution in [0.3, 0.4) is 0 Å². The van der Waals surface area contributed by atoms with Crippen LogP contribution in [0.2, 0.25) is 0 Å². The standard InChI is InChI=1S/C25H23F3N4O2/c1-16-7-12-22(34-16)19-14-23(31-24(30-19)25(26,27)28)32-13-3-5-20(32)21(33)6-2-4-17-8-10-18(15-29)11-9-17/h7-12,14,20H,2-6,13H2,1H3/t20-/m0/s1. The summed E-state index contributed by atoms with van der Waals surface area (Å²) >= 11 is 0. The van der Waals surface area contributed by atoms with Crippen molar-refractivity contribution >= 4 is 11.6 Å². The number of hydrogen-bond donors (Lipinski definition) is 0. The van der Waals surface area contributed by atoms with Crippen LogP contribution in [0.15, 0.2) is 46.9 Å². The minimum absolute atomic E-state index is 0.0197. The van der Waals surface area contributed by atoms with Crippen LogP contribution in [0.4, 0.5) is 19.0 Å². The maximum atomic E-state index is 13.5. The Balaban J connectivity index is 1.51. The number of nitriles is 1. The number of rotatable bonds is 7. The topological polar surface area (TPSA) is 83.0 Å². The molecule has 0 spiro atoms. The molecule has 1 aromatic carbocycles. The van der Waals surface area contributed by atoms with E-state index in [2.05, 4.69) is 16.0 Å². The van der Waals surface area contributed by atoms with Gasteiger partial charge in [0.15, 0.2) is 11.5 Å². The SMILES string of the molecule is Cc1ccc(-c2cc(N3CCC[C@H]3C(=O)CCCc3ccc(C#N)cc3)nc(C(F)(F)F)n2)o1. The number of alkyl halides is 3. The Labute approximate surface area is 195 Å². The van der Waals surface area contributed by atoms with Gasteiger partial charge in [0.2, 0.25) is 5.82 Å². The van der Waals surface area contributed by atoms with Gasteiger partial charge in [-0.25, -0.2) is 9.97 Å². The molecule has 0 saturated carbocycles. The monoisotopic (exact) mass is 468 g/mol. The number of Topliss-reactive ketones (excluding diaryl/α,β-unsaturated/α-hetero) is 1. The molecular formula is C25H23F3N4O2. The smallest absolute Gasteiger partial charge is 0.451 e. The van der Waals surface area contributed by atoms with Crippen LogP contribution >= 0.6 is 0 Å². The fraction of sp³-hybridized carbons (Fsp3) is 0.360. The van der Waals surface area contributed by atoms with Crippen molar-refractivity contribution in [3.63, 3.8) is 0 Å². The number of halogens is 3. The molecule has 0 N–H and O–H groups in total. The molecule has 0 unspecified atom stereocenters. The maximum absolute atomic E-state index is 13.5. The second-order valence-corrected chi connectivity index (χ2v) is 8.32. The van der Waals surface area contributed by atoms with E-state index in [4.69, 9.17) is 9.68 Å². The zero-order chi connectivity index (χ0) is 24.3. The second kappa shape index (κ2) is 9.67. The Morgan fingerprint density at radius 2 is 1.97 bits per heavy atom. The molecule has 6 nitrogen and oxygen atoms in total. The highest BCUT2D eigenvalue weighted by Gasteiger charge is 2.38. The van der Waals surface area contributed by atoms with Crippen molar-refractivity contribution in [1.29, 1.82) is 5.26 Å². The van der Waals surface area contributed by atoms with Crippen LogP contribution in [0, 0.1) is 18.3 Å². The predicted molar refractivity (Wildman–Crippen MR) is 119 cm³/mol. The van der Waals surface area contributed by atoms with Crippen LogP contribution in [-0.4, -0.2) is 28.3 Å². The van der Waals surface area contributed by atoms with E-state index >= 15 is 0 Å². The summed E-state index contributed by atoms with van der Waals surface area (Å²) in [4.78, 5) is 22.1. The summed E-state index contributed by atoms with van der Waals surface area (Å²) in [5.41, 5.74) is 1.64. The lowest BCUT2D eigenvalue weighted by Gasteiger charge is -2.25. The predicted octanol–water partition coefficient (Wildman–Crippen LogP) is 5.50. The summed E-state index contributed by atoms with van der Waals surface area (Å²) < 4.78 is 46.1. The highest BCUT2D eigenvalue weighted by atomic mass is 19.4. The summed E-state index contributed by atoms with van der Waals surface area (Å²) in [6, 6.07) is 13.4. The van der Waals surface area contributed by atoms with Gasteiger partial charge in [0.1, 0.15) is 17.3 Å². The molecular weight excluding hydrogens is 445 g/mol. The number of benzene rings is 1. The average molecular weight is 468 g/mol. The van der Waals surface area contributed by atoms with E-state index < -0.39 is 18.0 Å². The summed E-state index contributed by atoms with van der Waals surface area (Å²) in [7, 11) is 0. The number of furan rings is 1. The van der Waals surface area contributed by atoms with Gasteiger partial charge in [-0.1, -0.05) is 12.1 Å². The number of nitrogens with zero attached hydrogens (tertiary/aromatic N) is 4. The van der Waals surface area contributed by atoms with Gasteiger partial charge in [-0.3, -0.25) is 4.79 Å². The van der Waals surface area contributed by atoms with Crippen LogP contribution in [-0.2, 0) is 17.4 Å². The Morgan fingerprint density at radius 3 is 2.62 bits per heavy atom. The molecule has 3 heterocycles. The van der Waals surface area contributed by atoms with Gasteiger partial charge in [-0.15, -0.1) is 0 Å². The van der Waals surface area contributed by atoms with Crippen molar-refractivity contribution in [1.82, 2.24) is 9.97 Å². The van der Waals surface area contributed by atoms with Gasteiger partial charge in [-0.05, 0) is 62.4 Å². The lowest BCUT2D eigenvalue weighted by molar-refractivity contribution is -0.144. The summed E-state index contributed by atoms with van der Waals surface area (Å²) in [6.07, 6.45) is -1.88. The molecule has 34 heavy (non-hydrogen) atoms. The van der Waals surface area contributed by atoms with Crippen molar-refractivity contribution < 1.29 is 22.4 Å². The van der Waals surface area contributed by atoms with Gasteiger partial charge >= 0.3 is 6.18 Å². The first kappa shape index (κ1) is 23.5. The van der Waals surface area contributed by atoms with Crippen LogP contribution in [0.25, 0.3) is 11.5 Å². The fourth-order valence-corrected chi connectivity index (χ4v) is 4.16. The normalized spacial score (nSPS) is 16.0. The number of anilines is 1. The molecule has 1 aliphatic rings. The molecule has 3 aromatic rings. The van der Waals surface area contributed by atoms with E-state index in [-0.39, 0.29) is 23.1 Å². The molecule has 1 aliphatic heterocycles. The van der Waals surface area contributed by atoms with Crippen LogP contribution < -0.4 is 4.90 Å². The van der Waals surface area contributed by atoms with Crippen LogP contribution in [0.5, 0.6) is 0 Å². The third-order valence-corrected chi connectivity index (χ3v) is 5.85. The Hall–Kier alpha value is -3.67. The molecule has 1 fully saturated rings. The molecule has 176 valence electrons. The summed E-state index contributed by atoms with van der Waals surface area (Å²) in [6.45, 7) is 2.14. The van der Waals surface area contributed by atoms with Crippen molar-refractivity contribution in [3.8, 4) is 17.5 Å². The first-order valence-electron chi connectivity index (χ1n) is 11.1. The van der Waals surface area contributed by atoms with E-state index in [1.54, 1.807) is 36.1 Å². The summed E-state index contributed by atoms with van der Waals surface area (Å²) in [5.74, 6) is -0.424. The second-order valence-electron chi connectivity index (χ2n) is 8.32. The first-order chi connectivity index (χ1) is 16.2. The number of ketones is 1. The number of carbonyl (C=O) groups excluding carboxylic acids is 1. The van der Waals surface area contributed by atoms with Gasteiger partial charge in [0, 0.05) is 19.0 Å². The number of aryl methyl sites for hydroxylation is 2. The molecule has 0 amide bonds. The van der Waals surface area contributed by atoms with Gasteiger partial charge in [0.25, 0.3) is 0 Å². The van der Waals surface area contributed by atoms with Gasteiger partial charge in [0.05, 0.1) is 17.7 Å². The molecule has 0 radical (unpaired) electrons. The van der Waals surface area contributed by atoms with E-state index in [1.807, 2.05) is 12.1 Å². The molecule has 0 bridgehead atoms. The minimum Gasteiger partial charge on any atom is -0.460 e. The minimum atomic E-state index is -4.73. The van der Waals surface area contributed by atoms with Crippen molar-refractivity contribution in [2.75, 3.05) is 11.4 Å². The maximum Gasteiger partial charge on any atom is 0.451 e. The number of carbonyl (C=O) groups is 1. The molecule has 9 heteroatoms. The quantitative estimate of drug-likeness (QED) is 0.456. The fourth-order valence-electron chi connectivity index (χ4n) is 4.16. The third-order valence-electron chi connectivity index (χ3n) is 5.85. The zero-order valence-electron chi connectivity index (χ0n) is 18.6. The number of hydrogen-bond acceptors (Lipinski definition) is 6. The summed E-state index contributed by atoms with van der Waals surface area (Å²) in [5, 5.41) is 8.89. The molecule has 2 aromatic heterocycles.